The fourth-order valence-electron chi connectivity index (χ4n) is 2.47. The number of carboxylic acids is 1. The van der Waals surface area contributed by atoms with E-state index in [2.05, 4.69) is 0 Å². The van der Waals surface area contributed by atoms with Gasteiger partial charge >= 0.3 is 5.97 Å². The fourth-order valence-corrected chi connectivity index (χ4v) is 3.59. The first-order valence-electron chi connectivity index (χ1n) is 6.02. The summed E-state index contributed by atoms with van der Waals surface area (Å²) in [5.74, 6) is 1.89. The van der Waals surface area contributed by atoms with Crippen molar-refractivity contribution in [3.8, 4) is 11.5 Å². The van der Waals surface area contributed by atoms with E-state index in [4.69, 9.17) is 14.6 Å². The van der Waals surface area contributed by atoms with Gasteiger partial charge < -0.3 is 14.6 Å². The molecule has 0 fully saturated rings. The molecule has 4 nitrogen and oxygen atoms in total. The SMILES string of the molecule is O=C(O)CC1CCCSc2cc3c(cc21)OCO3. The van der Waals surface area contributed by atoms with Crippen molar-refractivity contribution < 1.29 is 19.4 Å². The average molecular weight is 266 g/mol. The molecule has 18 heavy (non-hydrogen) atoms. The molecule has 0 bridgehead atoms. The van der Waals surface area contributed by atoms with Crippen LogP contribution < -0.4 is 9.47 Å². The van der Waals surface area contributed by atoms with Crippen molar-refractivity contribution in [3.05, 3.63) is 17.7 Å². The first-order chi connectivity index (χ1) is 8.74. The molecule has 1 aromatic carbocycles. The lowest BCUT2D eigenvalue weighted by atomic mass is 9.91. The molecule has 1 unspecified atom stereocenters. The summed E-state index contributed by atoms with van der Waals surface area (Å²) in [6.07, 6.45) is 2.16. The van der Waals surface area contributed by atoms with Gasteiger partial charge in [-0.25, -0.2) is 0 Å². The molecule has 0 aromatic heterocycles. The monoisotopic (exact) mass is 266 g/mol. The quantitative estimate of drug-likeness (QED) is 0.892. The van der Waals surface area contributed by atoms with E-state index in [1.54, 1.807) is 11.8 Å². The van der Waals surface area contributed by atoms with Crippen LogP contribution in [0, 0.1) is 0 Å². The third-order valence-electron chi connectivity index (χ3n) is 3.32. The normalized spacial score (nSPS) is 21.2. The molecule has 0 spiro atoms. The zero-order chi connectivity index (χ0) is 12.5. The van der Waals surface area contributed by atoms with Crippen molar-refractivity contribution in [2.75, 3.05) is 12.5 Å². The van der Waals surface area contributed by atoms with Gasteiger partial charge in [-0.3, -0.25) is 4.79 Å². The average Bonchev–Trinajstić information content (AvgIpc) is 2.70. The highest BCUT2D eigenvalue weighted by molar-refractivity contribution is 7.99. The molecule has 1 aromatic rings. The van der Waals surface area contributed by atoms with Crippen LogP contribution in [-0.2, 0) is 4.79 Å². The second-order valence-electron chi connectivity index (χ2n) is 4.53. The van der Waals surface area contributed by atoms with E-state index >= 15 is 0 Å². The smallest absolute Gasteiger partial charge is 0.303 e. The number of aliphatic carboxylic acids is 1. The van der Waals surface area contributed by atoms with Gasteiger partial charge in [-0.1, -0.05) is 0 Å². The van der Waals surface area contributed by atoms with Crippen LogP contribution in [0.25, 0.3) is 0 Å². The number of thioether (sulfide) groups is 1. The van der Waals surface area contributed by atoms with Gasteiger partial charge in [0, 0.05) is 4.90 Å². The third kappa shape index (κ3) is 2.14. The molecule has 1 N–H and O–H groups in total. The molecule has 0 amide bonds. The standard InChI is InChI=1S/C13H14O4S/c14-13(15)4-8-2-1-3-18-12-6-11-10(5-9(8)12)16-7-17-11/h5-6,8H,1-4,7H2,(H,14,15). The number of benzene rings is 1. The number of carbonyl (C=O) groups is 1. The van der Waals surface area contributed by atoms with Crippen LogP contribution in [0.1, 0.15) is 30.7 Å². The van der Waals surface area contributed by atoms with Crippen molar-refractivity contribution in [2.45, 2.75) is 30.1 Å². The van der Waals surface area contributed by atoms with Crippen molar-refractivity contribution in [1.29, 1.82) is 0 Å². The molecule has 2 aliphatic rings. The molecule has 2 heterocycles. The summed E-state index contributed by atoms with van der Waals surface area (Å²) in [6, 6.07) is 3.95. The first-order valence-corrected chi connectivity index (χ1v) is 7.01. The van der Waals surface area contributed by atoms with Crippen molar-refractivity contribution >= 4 is 17.7 Å². The molecule has 96 valence electrons. The van der Waals surface area contributed by atoms with Crippen LogP contribution in [0.2, 0.25) is 0 Å². The lowest BCUT2D eigenvalue weighted by molar-refractivity contribution is -0.137. The predicted octanol–water partition coefficient (Wildman–Crippen LogP) is 2.86. The van der Waals surface area contributed by atoms with Crippen LogP contribution in [-0.4, -0.2) is 23.6 Å². The minimum Gasteiger partial charge on any atom is -0.481 e. The van der Waals surface area contributed by atoms with Gasteiger partial charge in [-0.2, -0.15) is 0 Å². The number of hydrogen-bond donors (Lipinski definition) is 1. The Morgan fingerprint density at radius 3 is 2.94 bits per heavy atom. The largest absolute Gasteiger partial charge is 0.481 e. The van der Waals surface area contributed by atoms with E-state index in [1.807, 2.05) is 12.1 Å². The summed E-state index contributed by atoms with van der Waals surface area (Å²) < 4.78 is 10.7. The van der Waals surface area contributed by atoms with Gasteiger partial charge in [0.05, 0.1) is 6.42 Å². The second kappa shape index (κ2) is 4.72. The molecular weight excluding hydrogens is 252 g/mol. The van der Waals surface area contributed by atoms with E-state index in [1.165, 1.54) is 0 Å². The summed E-state index contributed by atoms with van der Waals surface area (Å²) in [6.45, 7) is 0.256. The first kappa shape index (κ1) is 11.7. The van der Waals surface area contributed by atoms with Crippen LogP contribution >= 0.6 is 11.8 Å². The van der Waals surface area contributed by atoms with Crippen molar-refractivity contribution in [1.82, 2.24) is 0 Å². The highest BCUT2D eigenvalue weighted by Crippen LogP contribution is 2.44. The molecule has 0 radical (unpaired) electrons. The lowest BCUT2D eigenvalue weighted by Crippen LogP contribution is -2.06. The lowest BCUT2D eigenvalue weighted by Gasteiger charge is -2.15. The third-order valence-corrected chi connectivity index (χ3v) is 4.48. The van der Waals surface area contributed by atoms with E-state index in [0.717, 1.165) is 40.6 Å². The number of hydrogen-bond acceptors (Lipinski definition) is 4. The van der Waals surface area contributed by atoms with Gasteiger partial charge in [-0.05, 0) is 42.2 Å². The fraction of sp³-hybridized carbons (Fsp3) is 0.462. The minimum absolute atomic E-state index is 0.0852. The molecule has 0 saturated carbocycles. The zero-order valence-electron chi connectivity index (χ0n) is 9.85. The van der Waals surface area contributed by atoms with E-state index in [9.17, 15) is 4.79 Å². The zero-order valence-corrected chi connectivity index (χ0v) is 10.7. The molecule has 0 saturated heterocycles. The van der Waals surface area contributed by atoms with Crippen LogP contribution in [0.3, 0.4) is 0 Å². The Morgan fingerprint density at radius 1 is 1.39 bits per heavy atom. The Labute approximate surface area is 109 Å². The molecule has 3 rings (SSSR count). The van der Waals surface area contributed by atoms with Gasteiger partial charge in [0.25, 0.3) is 0 Å². The Morgan fingerprint density at radius 2 is 2.17 bits per heavy atom. The maximum atomic E-state index is 11.0. The van der Waals surface area contributed by atoms with Gasteiger partial charge in [0.15, 0.2) is 11.5 Å². The number of fused-ring (bicyclic) bond motifs is 2. The Hall–Kier alpha value is -1.36. The van der Waals surface area contributed by atoms with Gasteiger partial charge in [0.2, 0.25) is 6.79 Å². The Balaban J connectivity index is 2.00. The van der Waals surface area contributed by atoms with Gasteiger partial charge in [-0.15, -0.1) is 11.8 Å². The number of carboxylic acid groups (broad SMARTS) is 1. The number of rotatable bonds is 2. The summed E-state index contributed by atoms with van der Waals surface area (Å²) in [5, 5.41) is 9.01. The van der Waals surface area contributed by atoms with Crippen LogP contribution in [0.4, 0.5) is 0 Å². The van der Waals surface area contributed by atoms with Crippen molar-refractivity contribution in [2.24, 2.45) is 0 Å². The van der Waals surface area contributed by atoms with Crippen LogP contribution in [0.15, 0.2) is 17.0 Å². The van der Waals surface area contributed by atoms with E-state index < -0.39 is 5.97 Å². The molecule has 1 atom stereocenters. The topological polar surface area (TPSA) is 55.8 Å². The summed E-state index contributed by atoms with van der Waals surface area (Å²) in [7, 11) is 0. The minimum atomic E-state index is -0.740. The highest BCUT2D eigenvalue weighted by atomic mass is 32.2. The van der Waals surface area contributed by atoms with E-state index in [-0.39, 0.29) is 19.1 Å². The molecule has 5 heteroatoms. The van der Waals surface area contributed by atoms with Crippen LogP contribution in [0.5, 0.6) is 11.5 Å². The maximum Gasteiger partial charge on any atom is 0.303 e. The highest BCUT2D eigenvalue weighted by Gasteiger charge is 2.25. The Bertz CT molecular complexity index is 486. The van der Waals surface area contributed by atoms with E-state index in [0.29, 0.717) is 0 Å². The summed E-state index contributed by atoms with van der Waals surface area (Å²) >= 11 is 1.78. The summed E-state index contributed by atoms with van der Waals surface area (Å²) in [4.78, 5) is 12.1. The van der Waals surface area contributed by atoms with Crippen molar-refractivity contribution in [3.63, 3.8) is 0 Å². The second-order valence-corrected chi connectivity index (χ2v) is 5.67. The molecule has 2 aliphatic heterocycles. The number of ether oxygens (including phenoxy) is 2. The van der Waals surface area contributed by atoms with Gasteiger partial charge in [0.1, 0.15) is 0 Å². The maximum absolute atomic E-state index is 11.0. The summed E-state index contributed by atoms with van der Waals surface area (Å²) in [5.41, 5.74) is 1.10. The molecule has 0 aliphatic carbocycles. The Kier molecular flexibility index (Phi) is 3.07. The molecular formula is C13H14O4S. The predicted molar refractivity (Wildman–Crippen MR) is 67.5 cm³/mol.